The molecule has 2 atom stereocenters. The number of piperidine rings is 1. The molecule has 1 aliphatic heterocycles. The van der Waals surface area contributed by atoms with Gasteiger partial charge >= 0.3 is 6.18 Å². The van der Waals surface area contributed by atoms with Crippen molar-refractivity contribution in [3.63, 3.8) is 0 Å². The Bertz CT molecular complexity index is 485. The summed E-state index contributed by atoms with van der Waals surface area (Å²) in [5.41, 5.74) is 0.452. The van der Waals surface area contributed by atoms with E-state index in [-0.39, 0.29) is 12.6 Å². The number of hydrogen-bond acceptors (Lipinski definition) is 2. The van der Waals surface area contributed by atoms with Gasteiger partial charge in [-0.05, 0) is 50.4 Å². The number of hydrogen-bond donors (Lipinski definition) is 1. The zero-order valence-corrected chi connectivity index (χ0v) is 12.8. The van der Waals surface area contributed by atoms with Crippen LogP contribution in [0.1, 0.15) is 37.8 Å². The Morgan fingerprint density at radius 3 is 2.57 bits per heavy atom. The van der Waals surface area contributed by atoms with Gasteiger partial charge in [-0.2, -0.15) is 13.2 Å². The SMILES string of the molecule is CNCc1ccc(N2CCC(C)CC2C)cc1C(F)(F)F. The van der Waals surface area contributed by atoms with Crippen molar-refractivity contribution in [2.24, 2.45) is 5.92 Å². The maximum Gasteiger partial charge on any atom is 0.416 e. The van der Waals surface area contributed by atoms with Crippen LogP contribution >= 0.6 is 0 Å². The van der Waals surface area contributed by atoms with E-state index in [4.69, 9.17) is 0 Å². The molecule has 0 amide bonds. The second kappa shape index (κ2) is 6.26. The Kier molecular flexibility index (Phi) is 4.81. The number of anilines is 1. The lowest BCUT2D eigenvalue weighted by molar-refractivity contribution is -0.138. The number of rotatable bonds is 3. The van der Waals surface area contributed by atoms with E-state index in [1.165, 1.54) is 6.07 Å². The maximum absolute atomic E-state index is 13.2. The van der Waals surface area contributed by atoms with Gasteiger partial charge in [0.25, 0.3) is 0 Å². The molecule has 21 heavy (non-hydrogen) atoms. The van der Waals surface area contributed by atoms with Gasteiger partial charge in [-0.25, -0.2) is 0 Å². The summed E-state index contributed by atoms with van der Waals surface area (Å²) >= 11 is 0. The van der Waals surface area contributed by atoms with Gasteiger partial charge < -0.3 is 10.2 Å². The van der Waals surface area contributed by atoms with Crippen molar-refractivity contribution in [2.75, 3.05) is 18.5 Å². The van der Waals surface area contributed by atoms with Crippen LogP contribution in [0.3, 0.4) is 0 Å². The van der Waals surface area contributed by atoms with E-state index < -0.39 is 11.7 Å². The van der Waals surface area contributed by atoms with Crippen LogP contribution in [0, 0.1) is 5.92 Å². The molecule has 1 heterocycles. The average Bonchev–Trinajstić information content (AvgIpc) is 2.38. The molecular weight excluding hydrogens is 277 g/mol. The summed E-state index contributed by atoms with van der Waals surface area (Å²) < 4.78 is 39.7. The number of halogens is 3. The summed E-state index contributed by atoms with van der Waals surface area (Å²) in [6.07, 6.45) is -2.25. The van der Waals surface area contributed by atoms with E-state index in [1.54, 1.807) is 13.1 Å². The van der Waals surface area contributed by atoms with E-state index in [1.807, 2.05) is 6.07 Å². The highest BCUT2D eigenvalue weighted by Gasteiger charge is 2.34. The van der Waals surface area contributed by atoms with Crippen LogP contribution in [-0.2, 0) is 12.7 Å². The highest BCUT2D eigenvalue weighted by Crippen LogP contribution is 2.36. The van der Waals surface area contributed by atoms with Crippen molar-refractivity contribution in [3.05, 3.63) is 29.3 Å². The van der Waals surface area contributed by atoms with E-state index in [0.717, 1.165) is 19.4 Å². The molecular formula is C16H23F3N2. The van der Waals surface area contributed by atoms with Crippen molar-refractivity contribution < 1.29 is 13.2 Å². The third-order valence-electron chi connectivity index (χ3n) is 4.24. The third-order valence-corrected chi connectivity index (χ3v) is 4.24. The predicted octanol–water partition coefficient (Wildman–Crippen LogP) is 4.05. The first-order chi connectivity index (χ1) is 9.82. The number of nitrogens with one attached hydrogen (secondary N) is 1. The normalized spacial score (nSPS) is 23.4. The first kappa shape index (κ1) is 16.1. The van der Waals surface area contributed by atoms with Crippen LogP contribution in [0.15, 0.2) is 18.2 Å². The lowest BCUT2D eigenvalue weighted by Crippen LogP contribution is -2.40. The maximum atomic E-state index is 13.2. The van der Waals surface area contributed by atoms with Crippen LogP contribution in [0.2, 0.25) is 0 Å². The Morgan fingerprint density at radius 1 is 1.29 bits per heavy atom. The van der Waals surface area contributed by atoms with E-state index >= 15 is 0 Å². The van der Waals surface area contributed by atoms with Gasteiger partial charge in [0.1, 0.15) is 0 Å². The molecule has 118 valence electrons. The molecule has 0 spiro atoms. The Morgan fingerprint density at radius 2 is 2.00 bits per heavy atom. The molecule has 0 aromatic heterocycles. The topological polar surface area (TPSA) is 15.3 Å². The van der Waals surface area contributed by atoms with Gasteiger partial charge in [-0.3, -0.25) is 0 Å². The molecule has 2 unspecified atom stereocenters. The fourth-order valence-electron chi connectivity index (χ4n) is 3.14. The zero-order valence-electron chi connectivity index (χ0n) is 12.8. The number of nitrogens with zero attached hydrogens (tertiary/aromatic N) is 1. The number of benzene rings is 1. The molecule has 1 aromatic rings. The van der Waals surface area contributed by atoms with Crippen LogP contribution in [0.5, 0.6) is 0 Å². The smallest absolute Gasteiger partial charge is 0.369 e. The van der Waals surface area contributed by atoms with Crippen LogP contribution in [0.25, 0.3) is 0 Å². The second-order valence-corrected chi connectivity index (χ2v) is 6.04. The van der Waals surface area contributed by atoms with Crippen molar-refractivity contribution in [2.45, 2.75) is 45.5 Å². The van der Waals surface area contributed by atoms with Gasteiger partial charge in [0.2, 0.25) is 0 Å². The molecule has 1 N–H and O–H groups in total. The van der Waals surface area contributed by atoms with Gasteiger partial charge in [-0.1, -0.05) is 13.0 Å². The minimum absolute atomic E-state index is 0.224. The lowest BCUT2D eigenvalue weighted by Gasteiger charge is -2.38. The van der Waals surface area contributed by atoms with Crippen molar-refractivity contribution in [3.8, 4) is 0 Å². The van der Waals surface area contributed by atoms with Crippen LogP contribution < -0.4 is 10.2 Å². The highest BCUT2D eigenvalue weighted by atomic mass is 19.4. The molecule has 0 aliphatic carbocycles. The summed E-state index contributed by atoms with van der Waals surface area (Å²) in [6, 6.07) is 5.00. The first-order valence-electron chi connectivity index (χ1n) is 7.44. The minimum Gasteiger partial charge on any atom is -0.369 e. The van der Waals surface area contributed by atoms with Crippen LogP contribution in [0.4, 0.5) is 18.9 Å². The van der Waals surface area contributed by atoms with Gasteiger partial charge in [-0.15, -0.1) is 0 Å². The molecule has 0 radical (unpaired) electrons. The van der Waals surface area contributed by atoms with Crippen molar-refractivity contribution in [1.82, 2.24) is 5.32 Å². The lowest BCUT2D eigenvalue weighted by atomic mass is 9.92. The highest BCUT2D eigenvalue weighted by molar-refractivity contribution is 5.53. The minimum atomic E-state index is -4.31. The average molecular weight is 300 g/mol. The van der Waals surface area contributed by atoms with Crippen molar-refractivity contribution >= 4 is 5.69 Å². The Labute approximate surface area is 124 Å². The Balaban J connectivity index is 2.33. The van der Waals surface area contributed by atoms with Gasteiger partial charge in [0.15, 0.2) is 0 Å². The summed E-state index contributed by atoms with van der Waals surface area (Å²) in [6.45, 7) is 5.34. The largest absolute Gasteiger partial charge is 0.416 e. The second-order valence-electron chi connectivity index (χ2n) is 6.04. The monoisotopic (exact) mass is 300 g/mol. The summed E-state index contributed by atoms with van der Waals surface area (Å²) in [7, 11) is 1.65. The summed E-state index contributed by atoms with van der Waals surface area (Å²) in [5, 5.41) is 2.80. The van der Waals surface area contributed by atoms with Gasteiger partial charge in [0, 0.05) is 24.8 Å². The van der Waals surface area contributed by atoms with Gasteiger partial charge in [0.05, 0.1) is 5.56 Å². The molecule has 0 saturated carbocycles. The van der Waals surface area contributed by atoms with E-state index in [2.05, 4.69) is 24.1 Å². The summed E-state index contributed by atoms with van der Waals surface area (Å²) in [4.78, 5) is 2.10. The van der Waals surface area contributed by atoms with Crippen LogP contribution in [-0.4, -0.2) is 19.6 Å². The zero-order chi connectivity index (χ0) is 15.6. The molecule has 2 nitrogen and oxygen atoms in total. The quantitative estimate of drug-likeness (QED) is 0.906. The molecule has 5 heteroatoms. The summed E-state index contributed by atoms with van der Waals surface area (Å²) in [5.74, 6) is 0.641. The van der Waals surface area contributed by atoms with Crippen molar-refractivity contribution in [1.29, 1.82) is 0 Å². The Hall–Kier alpha value is -1.23. The molecule has 1 fully saturated rings. The molecule has 2 rings (SSSR count). The number of alkyl halides is 3. The van der Waals surface area contributed by atoms with E-state index in [0.29, 0.717) is 17.2 Å². The van der Waals surface area contributed by atoms with E-state index in [9.17, 15) is 13.2 Å². The fraction of sp³-hybridized carbons (Fsp3) is 0.625. The molecule has 0 bridgehead atoms. The standard InChI is InChI=1S/C16H23F3N2/c1-11-6-7-21(12(2)8-11)14-5-4-13(10-20-3)15(9-14)16(17,18)19/h4-5,9,11-12,20H,6-8,10H2,1-3H3. The molecule has 1 saturated heterocycles. The fourth-order valence-corrected chi connectivity index (χ4v) is 3.14. The predicted molar refractivity (Wildman–Crippen MR) is 79.4 cm³/mol. The molecule has 1 aliphatic rings. The first-order valence-corrected chi connectivity index (χ1v) is 7.44. The molecule has 1 aromatic carbocycles. The third kappa shape index (κ3) is 3.70.